The third-order valence-corrected chi connectivity index (χ3v) is 4.99. The highest BCUT2D eigenvalue weighted by Crippen LogP contribution is 2.37. The summed E-state index contributed by atoms with van der Waals surface area (Å²) < 4.78 is 10.5. The van der Waals surface area contributed by atoms with Gasteiger partial charge in [-0.1, -0.05) is 12.1 Å². The molecule has 0 aliphatic rings. The molecule has 0 amide bonds. The minimum absolute atomic E-state index is 0.289. The number of nitrogens with zero attached hydrogens (tertiary/aromatic N) is 2. The molecule has 0 unspecified atom stereocenters. The second kappa shape index (κ2) is 7.15. The maximum Gasteiger partial charge on any atom is 0.138 e. The SMILES string of the molecule is COc1ccc(-c2csc3ncnc(NC[C@H](O)c4ccco4)c23)cc1. The van der Waals surface area contributed by atoms with Gasteiger partial charge in [0.25, 0.3) is 0 Å². The van der Waals surface area contributed by atoms with E-state index < -0.39 is 6.10 Å². The number of fused-ring (bicyclic) bond motifs is 1. The monoisotopic (exact) mass is 367 g/mol. The Morgan fingerprint density at radius 2 is 2.08 bits per heavy atom. The molecule has 0 fully saturated rings. The van der Waals surface area contributed by atoms with Crippen molar-refractivity contribution in [3.63, 3.8) is 0 Å². The van der Waals surface area contributed by atoms with Crippen LogP contribution in [0.3, 0.4) is 0 Å². The fraction of sp³-hybridized carbons (Fsp3) is 0.158. The van der Waals surface area contributed by atoms with E-state index in [1.165, 1.54) is 6.33 Å². The molecule has 132 valence electrons. The molecule has 0 saturated heterocycles. The summed E-state index contributed by atoms with van der Waals surface area (Å²) in [7, 11) is 1.65. The number of nitrogens with one attached hydrogen (secondary N) is 1. The number of furan rings is 1. The van der Waals surface area contributed by atoms with E-state index in [-0.39, 0.29) is 6.54 Å². The number of aromatic nitrogens is 2. The lowest BCUT2D eigenvalue weighted by molar-refractivity contribution is 0.162. The average molecular weight is 367 g/mol. The third-order valence-electron chi connectivity index (χ3n) is 4.11. The maximum atomic E-state index is 10.2. The number of hydrogen-bond acceptors (Lipinski definition) is 7. The summed E-state index contributed by atoms with van der Waals surface area (Å²) in [6.07, 6.45) is 2.32. The summed E-state index contributed by atoms with van der Waals surface area (Å²) in [5.74, 6) is 2.01. The van der Waals surface area contributed by atoms with Crippen LogP contribution in [0.5, 0.6) is 5.75 Å². The van der Waals surface area contributed by atoms with E-state index in [0.717, 1.165) is 27.1 Å². The third kappa shape index (κ3) is 3.14. The van der Waals surface area contributed by atoms with E-state index in [4.69, 9.17) is 9.15 Å². The summed E-state index contributed by atoms with van der Waals surface area (Å²) >= 11 is 1.56. The molecule has 0 aliphatic heterocycles. The first-order valence-electron chi connectivity index (χ1n) is 8.08. The predicted molar refractivity (Wildman–Crippen MR) is 102 cm³/mol. The zero-order valence-electron chi connectivity index (χ0n) is 14.0. The van der Waals surface area contributed by atoms with Crippen molar-refractivity contribution in [1.82, 2.24) is 9.97 Å². The Bertz CT molecular complexity index is 997. The predicted octanol–water partition coefficient (Wildman–Crippen LogP) is 4.11. The summed E-state index contributed by atoms with van der Waals surface area (Å²) in [6.45, 7) is 0.289. The number of thiophene rings is 1. The van der Waals surface area contributed by atoms with Crippen LogP contribution in [0.4, 0.5) is 5.82 Å². The molecule has 0 aliphatic carbocycles. The van der Waals surface area contributed by atoms with Gasteiger partial charge in [0.15, 0.2) is 0 Å². The van der Waals surface area contributed by atoms with Gasteiger partial charge >= 0.3 is 0 Å². The second-order valence-corrected chi connectivity index (χ2v) is 6.55. The highest BCUT2D eigenvalue weighted by Gasteiger charge is 2.15. The van der Waals surface area contributed by atoms with Crippen molar-refractivity contribution in [2.24, 2.45) is 0 Å². The Labute approximate surface area is 154 Å². The van der Waals surface area contributed by atoms with Crippen molar-refractivity contribution in [2.45, 2.75) is 6.10 Å². The van der Waals surface area contributed by atoms with Gasteiger partial charge < -0.3 is 19.6 Å². The highest BCUT2D eigenvalue weighted by atomic mass is 32.1. The molecule has 4 rings (SSSR count). The van der Waals surface area contributed by atoms with Gasteiger partial charge in [0, 0.05) is 17.5 Å². The van der Waals surface area contributed by atoms with Gasteiger partial charge in [-0.05, 0) is 29.8 Å². The molecule has 7 heteroatoms. The molecule has 6 nitrogen and oxygen atoms in total. The molecule has 2 N–H and O–H groups in total. The van der Waals surface area contributed by atoms with E-state index in [1.54, 1.807) is 36.8 Å². The van der Waals surface area contributed by atoms with E-state index in [2.05, 4.69) is 20.7 Å². The molecule has 26 heavy (non-hydrogen) atoms. The molecular weight excluding hydrogens is 350 g/mol. The Morgan fingerprint density at radius 3 is 2.81 bits per heavy atom. The summed E-state index contributed by atoms with van der Waals surface area (Å²) in [6, 6.07) is 11.4. The van der Waals surface area contributed by atoms with Crippen molar-refractivity contribution >= 4 is 27.4 Å². The zero-order chi connectivity index (χ0) is 17.9. The second-order valence-electron chi connectivity index (χ2n) is 5.69. The van der Waals surface area contributed by atoms with Crippen LogP contribution in [0.2, 0.25) is 0 Å². The summed E-state index contributed by atoms with van der Waals surface area (Å²) in [5, 5.41) is 16.4. The lowest BCUT2D eigenvalue weighted by Gasteiger charge is -2.11. The number of methoxy groups -OCH3 is 1. The van der Waals surface area contributed by atoms with Crippen molar-refractivity contribution in [3.8, 4) is 16.9 Å². The van der Waals surface area contributed by atoms with Crippen LogP contribution in [0, 0.1) is 0 Å². The van der Waals surface area contributed by atoms with Gasteiger partial charge in [-0.2, -0.15) is 0 Å². The van der Waals surface area contributed by atoms with Gasteiger partial charge in [-0.25, -0.2) is 9.97 Å². The number of ether oxygens (including phenoxy) is 1. The summed E-state index contributed by atoms with van der Waals surface area (Å²) in [5.41, 5.74) is 2.10. The molecule has 0 radical (unpaired) electrons. The Hall–Kier alpha value is -2.90. The van der Waals surface area contributed by atoms with Crippen LogP contribution >= 0.6 is 11.3 Å². The molecule has 1 atom stereocenters. The molecule has 3 heterocycles. The normalized spacial score (nSPS) is 12.2. The number of anilines is 1. The van der Waals surface area contributed by atoms with Crippen LogP contribution in [0.15, 0.2) is 58.8 Å². The topological polar surface area (TPSA) is 80.4 Å². The average Bonchev–Trinajstić information content (AvgIpc) is 3.36. The zero-order valence-corrected chi connectivity index (χ0v) is 14.9. The maximum absolute atomic E-state index is 10.2. The number of hydrogen-bond donors (Lipinski definition) is 2. The fourth-order valence-electron chi connectivity index (χ4n) is 2.77. The van der Waals surface area contributed by atoms with Crippen molar-refractivity contribution in [3.05, 3.63) is 60.1 Å². The number of benzene rings is 1. The van der Waals surface area contributed by atoms with E-state index in [9.17, 15) is 5.11 Å². The molecular formula is C19H17N3O3S. The van der Waals surface area contributed by atoms with Gasteiger partial charge in [-0.15, -0.1) is 11.3 Å². The Kier molecular flexibility index (Phi) is 4.55. The van der Waals surface area contributed by atoms with Crippen LogP contribution in [-0.4, -0.2) is 28.7 Å². The van der Waals surface area contributed by atoms with Crippen LogP contribution in [-0.2, 0) is 0 Å². The first-order valence-corrected chi connectivity index (χ1v) is 8.96. The van der Waals surface area contributed by atoms with Crippen LogP contribution in [0.25, 0.3) is 21.3 Å². The minimum Gasteiger partial charge on any atom is -0.497 e. The van der Waals surface area contributed by atoms with E-state index in [1.807, 2.05) is 24.3 Å². The largest absolute Gasteiger partial charge is 0.497 e. The quantitative estimate of drug-likeness (QED) is 0.534. The Morgan fingerprint density at radius 1 is 1.23 bits per heavy atom. The molecule has 3 aromatic heterocycles. The summed E-state index contributed by atoms with van der Waals surface area (Å²) in [4.78, 5) is 9.62. The van der Waals surface area contributed by atoms with E-state index in [0.29, 0.717) is 11.6 Å². The van der Waals surface area contributed by atoms with Crippen LogP contribution in [0.1, 0.15) is 11.9 Å². The highest BCUT2D eigenvalue weighted by molar-refractivity contribution is 7.17. The standard InChI is InChI=1S/C19H17N3O3S/c1-24-13-6-4-12(5-7-13)14-10-26-19-17(14)18(21-11-22-19)20-9-15(23)16-3-2-8-25-16/h2-8,10-11,15,23H,9H2,1H3,(H,20,21,22)/t15-/m0/s1. The van der Waals surface area contributed by atoms with Crippen molar-refractivity contribution in [1.29, 1.82) is 0 Å². The van der Waals surface area contributed by atoms with E-state index >= 15 is 0 Å². The minimum atomic E-state index is -0.752. The smallest absolute Gasteiger partial charge is 0.138 e. The molecule has 0 bridgehead atoms. The van der Waals surface area contributed by atoms with Crippen molar-refractivity contribution in [2.75, 3.05) is 19.0 Å². The number of rotatable bonds is 6. The molecule has 0 saturated carbocycles. The number of aliphatic hydroxyl groups excluding tert-OH is 1. The molecule has 0 spiro atoms. The first-order chi connectivity index (χ1) is 12.8. The van der Waals surface area contributed by atoms with Crippen molar-refractivity contribution < 1.29 is 14.3 Å². The van der Waals surface area contributed by atoms with Gasteiger partial charge in [0.1, 0.15) is 34.6 Å². The molecule has 1 aromatic carbocycles. The first kappa shape index (κ1) is 16.6. The van der Waals surface area contributed by atoms with Gasteiger partial charge in [0.05, 0.1) is 18.8 Å². The van der Waals surface area contributed by atoms with Gasteiger partial charge in [-0.3, -0.25) is 0 Å². The lowest BCUT2D eigenvalue weighted by atomic mass is 10.1. The lowest BCUT2D eigenvalue weighted by Crippen LogP contribution is -2.12. The van der Waals surface area contributed by atoms with Gasteiger partial charge in [0.2, 0.25) is 0 Å². The molecule has 4 aromatic rings. The van der Waals surface area contributed by atoms with Crippen LogP contribution < -0.4 is 10.1 Å². The fourth-order valence-corrected chi connectivity index (χ4v) is 3.68. The number of aliphatic hydroxyl groups is 1. The Balaban J connectivity index is 1.65.